The van der Waals surface area contributed by atoms with Gasteiger partial charge in [0, 0.05) is 4.87 Å². The molecule has 0 aromatic rings. The lowest BCUT2D eigenvalue weighted by atomic mass is 9.85. The number of hydrogen-bond donors (Lipinski definition) is 1. The van der Waals surface area contributed by atoms with E-state index in [9.17, 15) is 0 Å². The second-order valence-electron chi connectivity index (χ2n) is 6.72. The first-order valence-electron chi connectivity index (χ1n) is 8.34. The molecule has 2 nitrogen and oxygen atoms in total. The number of rotatable bonds is 12. The molecule has 0 aromatic carbocycles. The Kier molecular flexibility index (Phi) is 11.0. The van der Waals surface area contributed by atoms with Gasteiger partial charge < -0.3 is 10.9 Å². The monoisotopic (exact) mass is 305 g/mol. The van der Waals surface area contributed by atoms with Crippen molar-refractivity contribution in [3.8, 4) is 0 Å². The molecular weight excluding hydrogens is 270 g/mol. The number of ether oxygens (including phenoxy) is 1. The highest BCUT2D eigenvalue weighted by atomic mass is 35.5. The van der Waals surface area contributed by atoms with E-state index in [-0.39, 0.29) is 11.0 Å². The smallest absolute Gasteiger partial charge is 0.0813 e. The van der Waals surface area contributed by atoms with E-state index in [1.165, 1.54) is 57.8 Å². The van der Waals surface area contributed by atoms with E-state index in [4.69, 9.17) is 16.3 Å². The van der Waals surface area contributed by atoms with Gasteiger partial charge in [0.1, 0.15) is 0 Å². The molecule has 1 rings (SSSR count). The summed E-state index contributed by atoms with van der Waals surface area (Å²) < 4.78 is 5.36. The van der Waals surface area contributed by atoms with Gasteiger partial charge in [-0.3, -0.25) is 0 Å². The van der Waals surface area contributed by atoms with Crippen LogP contribution < -0.4 is 6.15 Å². The Bertz CT molecular complexity index is 224. The first-order chi connectivity index (χ1) is 9.04. The molecule has 1 saturated heterocycles. The molecule has 1 aliphatic rings. The van der Waals surface area contributed by atoms with Crippen LogP contribution in [-0.2, 0) is 4.74 Å². The van der Waals surface area contributed by atoms with E-state index in [0.29, 0.717) is 12.0 Å². The summed E-state index contributed by atoms with van der Waals surface area (Å²) in [6.07, 6.45) is 14.1. The van der Waals surface area contributed by atoms with Gasteiger partial charge in [-0.15, -0.1) is 11.6 Å². The van der Waals surface area contributed by atoms with Crippen LogP contribution in [0.5, 0.6) is 0 Å². The standard InChI is InChI=1S/C17H33ClO.H3N/c1-4-5-6-7-8-9-10-11-12-15(17(2,3)18)13-16-14-19-16;/h15-16H,4-14H2,1-3H3;1H3. The summed E-state index contributed by atoms with van der Waals surface area (Å²) in [5.74, 6) is 0.613. The Morgan fingerprint density at radius 2 is 1.55 bits per heavy atom. The maximum absolute atomic E-state index is 6.51. The summed E-state index contributed by atoms with van der Waals surface area (Å²) in [5.41, 5.74) is 0. The summed E-state index contributed by atoms with van der Waals surface area (Å²) >= 11 is 6.51. The second kappa shape index (κ2) is 10.9. The highest BCUT2D eigenvalue weighted by Crippen LogP contribution is 2.35. The normalized spacial score (nSPS) is 19.5. The first-order valence-corrected chi connectivity index (χ1v) is 8.72. The molecule has 2 atom stereocenters. The highest BCUT2D eigenvalue weighted by molar-refractivity contribution is 6.23. The van der Waals surface area contributed by atoms with Crippen LogP contribution in [-0.4, -0.2) is 17.6 Å². The van der Waals surface area contributed by atoms with Crippen molar-refractivity contribution in [2.45, 2.75) is 96.0 Å². The van der Waals surface area contributed by atoms with Crippen LogP contribution in [0.25, 0.3) is 0 Å². The fraction of sp³-hybridized carbons (Fsp3) is 1.00. The molecule has 1 aliphatic heterocycles. The molecule has 0 spiro atoms. The summed E-state index contributed by atoms with van der Waals surface area (Å²) in [7, 11) is 0. The number of alkyl halides is 1. The highest BCUT2D eigenvalue weighted by Gasteiger charge is 2.33. The van der Waals surface area contributed by atoms with Crippen LogP contribution in [0.1, 0.15) is 85.0 Å². The van der Waals surface area contributed by atoms with E-state index in [1.54, 1.807) is 0 Å². The van der Waals surface area contributed by atoms with Crippen LogP contribution >= 0.6 is 11.6 Å². The van der Waals surface area contributed by atoms with Crippen molar-refractivity contribution < 1.29 is 4.74 Å². The molecule has 3 N–H and O–H groups in total. The van der Waals surface area contributed by atoms with Crippen molar-refractivity contribution in [1.82, 2.24) is 6.15 Å². The van der Waals surface area contributed by atoms with Gasteiger partial charge in [0.25, 0.3) is 0 Å². The zero-order valence-electron chi connectivity index (χ0n) is 13.9. The Morgan fingerprint density at radius 1 is 1.05 bits per heavy atom. The summed E-state index contributed by atoms with van der Waals surface area (Å²) in [6.45, 7) is 7.55. The van der Waals surface area contributed by atoms with Gasteiger partial charge >= 0.3 is 0 Å². The number of halogens is 1. The predicted molar refractivity (Wildman–Crippen MR) is 90.0 cm³/mol. The SMILES string of the molecule is CCCCCCCCCCC(CC1CO1)C(C)(C)Cl.N. The predicted octanol–water partition coefficient (Wildman–Crippen LogP) is 6.10. The Hall–Kier alpha value is 0.210. The van der Waals surface area contributed by atoms with Crippen molar-refractivity contribution in [1.29, 1.82) is 0 Å². The molecule has 20 heavy (non-hydrogen) atoms. The molecule has 1 heterocycles. The van der Waals surface area contributed by atoms with E-state index < -0.39 is 0 Å². The summed E-state index contributed by atoms with van der Waals surface area (Å²) in [6, 6.07) is 0. The number of hydrogen-bond acceptors (Lipinski definition) is 2. The number of unbranched alkanes of at least 4 members (excludes halogenated alkanes) is 7. The molecule has 3 heteroatoms. The minimum atomic E-state index is -0.0763. The van der Waals surface area contributed by atoms with Crippen LogP contribution in [0, 0.1) is 5.92 Å². The summed E-state index contributed by atoms with van der Waals surface area (Å²) in [5, 5.41) is 0. The molecule has 0 saturated carbocycles. The van der Waals surface area contributed by atoms with E-state index >= 15 is 0 Å². The van der Waals surface area contributed by atoms with Crippen molar-refractivity contribution in [3.05, 3.63) is 0 Å². The third-order valence-electron chi connectivity index (χ3n) is 4.33. The summed E-state index contributed by atoms with van der Waals surface area (Å²) in [4.78, 5) is -0.0763. The van der Waals surface area contributed by atoms with E-state index in [1.807, 2.05) is 0 Å². The molecule has 0 radical (unpaired) electrons. The molecule has 0 bridgehead atoms. The lowest BCUT2D eigenvalue weighted by molar-refractivity contribution is 0.295. The van der Waals surface area contributed by atoms with Gasteiger partial charge in [-0.05, 0) is 32.6 Å². The molecule has 0 aromatic heterocycles. The van der Waals surface area contributed by atoms with Gasteiger partial charge in [-0.2, -0.15) is 0 Å². The lowest BCUT2D eigenvalue weighted by Gasteiger charge is -2.28. The maximum Gasteiger partial charge on any atom is 0.0813 e. The molecule has 2 unspecified atom stereocenters. The quantitative estimate of drug-likeness (QED) is 0.269. The fourth-order valence-electron chi connectivity index (χ4n) is 2.79. The minimum Gasteiger partial charge on any atom is -0.373 e. The molecule has 0 amide bonds. The van der Waals surface area contributed by atoms with Gasteiger partial charge in [0.05, 0.1) is 12.7 Å². The number of epoxide rings is 1. The molecule has 0 aliphatic carbocycles. The zero-order chi connectivity index (χ0) is 14.1. The van der Waals surface area contributed by atoms with Crippen molar-refractivity contribution in [2.75, 3.05) is 6.61 Å². The van der Waals surface area contributed by atoms with E-state index in [2.05, 4.69) is 20.8 Å². The topological polar surface area (TPSA) is 47.5 Å². The molecule has 122 valence electrons. The molecule has 1 fully saturated rings. The Morgan fingerprint density at radius 3 is 2.00 bits per heavy atom. The largest absolute Gasteiger partial charge is 0.373 e. The first kappa shape index (κ1) is 20.2. The van der Waals surface area contributed by atoms with Gasteiger partial charge in [-0.1, -0.05) is 58.3 Å². The Labute approximate surface area is 131 Å². The van der Waals surface area contributed by atoms with E-state index in [0.717, 1.165) is 13.0 Å². The van der Waals surface area contributed by atoms with Gasteiger partial charge in [-0.25, -0.2) is 0 Å². The average molecular weight is 306 g/mol. The van der Waals surface area contributed by atoms with Crippen LogP contribution in [0.3, 0.4) is 0 Å². The van der Waals surface area contributed by atoms with Gasteiger partial charge in [0.2, 0.25) is 0 Å². The second-order valence-corrected chi connectivity index (χ2v) is 7.69. The third kappa shape index (κ3) is 10.0. The van der Waals surface area contributed by atoms with Crippen molar-refractivity contribution in [2.24, 2.45) is 5.92 Å². The van der Waals surface area contributed by atoms with Crippen LogP contribution in [0.4, 0.5) is 0 Å². The van der Waals surface area contributed by atoms with Crippen LogP contribution in [0.2, 0.25) is 0 Å². The van der Waals surface area contributed by atoms with Crippen molar-refractivity contribution in [3.63, 3.8) is 0 Å². The minimum absolute atomic E-state index is 0. The Balaban J connectivity index is 0.00000361. The van der Waals surface area contributed by atoms with Crippen molar-refractivity contribution >= 4 is 11.6 Å². The maximum atomic E-state index is 6.51. The van der Waals surface area contributed by atoms with Crippen LogP contribution in [0.15, 0.2) is 0 Å². The lowest BCUT2D eigenvalue weighted by Crippen LogP contribution is -2.26. The third-order valence-corrected chi connectivity index (χ3v) is 4.64. The average Bonchev–Trinajstić information content (AvgIpc) is 3.13. The zero-order valence-corrected chi connectivity index (χ0v) is 14.7. The fourth-order valence-corrected chi connectivity index (χ4v) is 2.99. The van der Waals surface area contributed by atoms with Gasteiger partial charge in [0.15, 0.2) is 0 Å². The molecular formula is C17H36ClNO.